The van der Waals surface area contributed by atoms with Crippen LogP contribution >= 0.6 is 0 Å². The molecule has 0 radical (unpaired) electrons. The summed E-state index contributed by atoms with van der Waals surface area (Å²) in [5, 5.41) is 13.4. The molecule has 0 saturated heterocycles. The molecular weight excluding hydrogens is 254 g/mol. The van der Waals surface area contributed by atoms with E-state index in [4.69, 9.17) is 0 Å². The highest BCUT2D eigenvalue weighted by atomic mass is 32.2. The van der Waals surface area contributed by atoms with E-state index in [2.05, 4.69) is 20.6 Å². The number of aromatic nitrogens is 4. The van der Waals surface area contributed by atoms with Gasteiger partial charge in [-0.15, -0.1) is 5.10 Å². The monoisotopic (exact) mass is 269 g/mol. The first-order valence-electron chi connectivity index (χ1n) is 5.58. The second kappa shape index (κ2) is 5.30. The van der Waals surface area contributed by atoms with Crippen LogP contribution in [0.25, 0.3) is 5.65 Å². The summed E-state index contributed by atoms with van der Waals surface area (Å²) < 4.78 is 12.4. The Morgan fingerprint density at radius 2 is 2.33 bits per heavy atom. The second-order valence-electron chi connectivity index (χ2n) is 4.04. The summed E-state index contributed by atoms with van der Waals surface area (Å²) in [4.78, 5) is 11.3. The Bertz CT molecular complexity index is 620. The quantitative estimate of drug-likeness (QED) is 0.796. The number of anilines is 1. The predicted molar refractivity (Wildman–Crippen MR) is 70.2 cm³/mol. The molecule has 0 bridgehead atoms. The van der Waals surface area contributed by atoms with Gasteiger partial charge in [-0.05, 0) is 18.6 Å². The maximum absolute atomic E-state index is 11.3. The number of nitrogens with one attached hydrogen (secondary N) is 2. The van der Waals surface area contributed by atoms with Crippen LogP contribution in [0.15, 0.2) is 16.9 Å². The molecule has 2 N–H and O–H groups in total. The highest BCUT2D eigenvalue weighted by Gasteiger charge is 2.06. The Morgan fingerprint density at radius 1 is 1.56 bits per heavy atom. The third kappa shape index (κ3) is 2.76. The van der Waals surface area contributed by atoms with E-state index in [0.29, 0.717) is 18.0 Å². The largest absolute Gasteiger partial charge is 0.369 e. The molecule has 0 spiro atoms. The standard InChI is InChI=1S/C10H15N5O2S/c1-7(18(2)17)5-6-11-8-3-4-9-12-13-10(16)15(9)14-8/h3-4,7H,5-6H2,1-2H3,(H,11,14)(H,13,16). The number of fused-ring (bicyclic) bond motifs is 1. The maximum Gasteiger partial charge on any atom is 0.364 e. The SMILES string of the molecule is CC(CCNc1ccc2n[nH]c(=O)n2n1)S(C)=O. The molecule has 0 aromatic carbocycles. The summed E-state index contributed by atoms with van der Waals surface area (Å²) in [5.74, 6) is 0.597. The topological polar surface area (TPSA) is 92.2 Å². The van der Waals surface area contributed by atoms with E-state index in [1.54, 1.807) is 18.4 Å². The fourth-order valence-corrected chi connectivity index (χ4v) is 1.92. The van der Waals surface area contributed by atoms with Gasteiger partial charge in [0.2, 0.25) is 0 Å². The van der Waals surface area contributed by atoms with E-state index in [1.165, 1.54) is 4.52 Å². The van der Waals surface area contributed by atoms with Crippen LogP contribution in [0, 0.1) is 0 Å². The average molecular weight is 269 g/mol. The molecule has 0 aliphatic heterocycles. The van der Waals surface area contributed by atoms with Crippen LogP contribution < -0.4 is 11.0 Å². The van der Waals surface area contributed by atoms with Gasteiger partial charge in [-0.25, -0.2) is 9.89 Å². The lowest BCUT2D eigenvalue weighted by Crippen LogP contribution is -2.17. The Balaban J connectivity index is 2.01. The van der Waals surface area contributed by atoms with Crippen LogP contribution in [0.4, 0.5) is 5.82 Å². The molecule has 0 aliphatic rings. The van der Waals surface area contributed by atoms with Gasteiger partial charge in [-0.1, -0.05) is 6.92 Å². The minimum Gasteiger partial charge on any atom is -0.369 e. The van der Waals surface area contributed by atoms with Crippen LogP contribution in [0.3, 0.4) is 0 Å². The van der Waals surface area contributed by atoms with Gasteiger partial charge in [0, 0.05) is 28.9 Å². The van der Waals surface area contributed by atoms with Crippen molar-refractivity contribution in [3.8, 4) is 0 Å². The summed E-state index contributed by atoms with van der Waals surface area (Å²) in [6.45, 7) is 2.60. The summed E-state index contributed by atoms with van der Waals surface area (Å²) in [5.41, 5.74) is 0.116. The van der Waals surface area contributed by atoms with Crippen molar-refractivity contribution in [1.82, 2.24) is 19.8 Å². The summed E-state index contributed by atoms with van der Waals surface area (Å²) >= 11 is 0. The first-order chi connectivity index (χ1) is 8.58. The van der Waals surface area contributed by atoms with Gasteiger partial charge < -0.3 is 5.32 Å². The Hall–Kier alpha value is -1.70. The number of hydrogen-bond donors (Lipinski definition) is 2. The lowest BCUT2D eigenvalue weighted by atomic mass is 10.3. The van der Waals surface area contributed by atoms with Crippen LogP contribution in [0.5, 0.6) is 0 Å². The minimum absolute atomic E-state index is 0.137. The zero-order valence-electron chi connectivity index (χ0n) is 10.2. The van der Waals surface area contributed by atoms with Crippen molar-refractivity contribution in [2.75, 3.05) is 18.1 Å². The smallest absolute Gasteiger partial charge is 0.364 e. The van der Waals surface area contributed by atoms with Crippen molar-refractivity contribution in [2.45, 2.75) is 18.6 Å². The van der Waals surface area contributed by atoms with Crippen molar-refractivity contribution in [2.24, 2.45) is 0 Å². The molecule has 2 heterocycles. The molecule has 98 valence electrons. The number of hydrogen-bond acceptors (Lipinski definition) is 5. The van der Waals surface area contributed by atoms with Gasteiger partial charge in [-0.2, -0.15) is 9.61 Å². The second-order valence-corrected chi connectivity index (χ2v) is 5.84. The zero-order valence-corrected chi connectivity index (χ0v) is 11.0. The number of nitrogens with zero attached hydrogens (tertiary/aromatic N) is 3. The highest BCUT2D eigenvalue weighted by Crippen LogP contribution is 2.04. The molecule has 2 rings (SSSR count). The number of aromatic amines is 1. The van der Waals surface area contributed by atoms with Gasteiger partial charge in [0.1, 0.15) is 5.82 Å². The van der Waals surface area contributed by atoms with Crippen LogP contribution in [0.2, 0.25) is 0 Å². The molecule has 0 fully saturated rings. The van der Waals surface area contributed by atoms with Gasteiger partial charge >= 0.3 is 5.69 Å². The minimum atomic E-state index is -0.818. The Kier molecular flexibility index (Phi) is 3.75. The Labute approximate surface area is 106 Å². The van der Waals surface area contributed by atoms with Gasteiger partial charge in [0.05, 0.1) is 0 Å². The van der Waals surface area contributed by atoms with E-state index in [-0.39, 0.29) is 10.9 Å². The molecule has 0 amide bonds. The normalized spacial score (nSPS) is 14.6. The maximum atomic E-state index is 11.3. The predicted octanol–water partition coefficient (Wildman–Crippen LogP) is -0.0134. The summed E-state index contributed by atoms with van der Waals surface area (Å²) in [7, 11) is -0.818. The first-order valence-corrected chi connectivity index (χ1v) is 7.20. The van der Waals surface area contributed by atoms with Crippen molar-refractivity contribution in [3.05, 3.63) is 22.6 Å². The summed E-state index contributed by atoms with van der Waals surface area (Å²) in [6.07, 6.45) is 2.48. The molecule has 18 heavy (non-hydrogen) atoms. The van der Waals surface area contributed by atoms with E-state index < -0.39 is 10.8 Å². The third-order valence-corrected chi connectivity index (χ3v) is 4.07. The van der Waals surface area contributed by atoms with Gasteiger partial charge in [0.25, 0.3) is 0 Å². The first kappa shape index (κ1) is 12.7. The lowest BCUT2D eigenvalue weighted by molar-refractivity contribution is 0.672. The van der Waals surface area contributed by atoms with Crippen LogP contribution in [-0.4, -0.2) is 42.1 Å². The van der Waals surface area contributed by atoms with Crippen LogP contribution in [-0.2, 0) is 10.8 Å². The molecule has 2 atom stereocenters. The number of rotatable bonds is 5. The average Bonchev–Trinajstić information content (AvgIpc) is 2.71. The van der Waals surface area contributed by atoms with E-state index >= 15 is 0 Å². The fraction of sp³-hybridized carbons (Fsp3) is 0.500. The van der Waals surface area contributed by atoms with Crippen molar-refractivity contribution in [1.29, 1.82) is 0 Å². The van der Waals surface area contributed by atoms with Gasteiger partial charge in [0.15, 0.2) is 5.65 Å². The molecule has 2 aromatic rings. The van der Waals surface area contributed by atoms with E-state index in [9.17, 15) is 9.00 Å². The van der Waals surface area contributed by atoms with Crippen molar-refractivity contribution >= 4 is 22.3 Å². The molecule has 2 unspecified atom stereocenters. The fourth-order valence-electron chi connectivity index (χ4n) is 1.47. The van der Waals surface area contributed by atoms with E-state index in [1.807, 2.05) is 6.92 Å². The highest BCUT2D eigenvalue weighted by molar-refractivity contribution is 7.84. The van der Waals surface area contributed by atoms with Gasteiger partial charge in [-0.3, -0.25) is 4.21 Å². The lowest BCUT2D eigenvalue weighted by Gasteiger charge is -2.09. The molecular formula is C10H15N5O2S. The number of H-pyrrole nitrogens is 1. The molecule has 7 nitrogen and oxygen atoms in total. The third-order valence-electron chi connectivity index (χ3n) is 2.70. The van der Waals surface area contributed by atoms with Crippen molar-refractivity contribution in [3.63, 3.8) is 0 Å². The zero-order chi connectivity index (χ0) is 13.1. The molecule has 8 heteroatoms. The van der Waals surface area contributed by atoms with E-state index in [0.717, 1.165) is 6.42 Å². The van der Waals surface area contributed by atoms with Crippen molar-refractivity contribution < 1.29 is 4.21 Å². The van der Waals surface area contributed by atoms with Crippen LogP contribution in [0.1, 0.15) is 13.3 Å². The molecule has 0 aliphatic carbocycles. The Morgan fingerprint density at radius 3 is 3.06 bits per heavy atom. The molecule has 0 saturated carbocycles. The summed E-state index contributed by atoms with van der Waals surface area (Å²) in [6, 6.07) is 3.46. The molecule has 2 aromatic heterocycles.